The minimum atomic E-state index is -0.332. The van der Waals surface area contributed by atoms with Gasteiger partial charge in [-0.05, 0) is 49.4 Å². The van der Waals surface area contributed by atoms with E-state index in [1.54, 1.807) is 19.1 Å². The first-order chi connectivity index (χ1) is 14.6. The van der Waals surface area contributed by atoms with Gasteiger partial charge in [0.2, 0.25) is 0 Å². The van der Waals surface area contributed by atoms with Crippen LogP contribution in [0.2, 0.25) is 0 Å². The van der Waals surface area contributed by atoms with Gasteiger partial charge in [0.25, 0.3) is 5.56 Å². The maximum absolute atomic E-state index is 12.7. The zero-order chi connectivity index (χ0) is 20.9. The number of hydrogen-bond acceptors (Lipinski definition) is 6. The van der Waals surface area contributed by atoms with Crippen LogP contribution in [0.5, 0.6) is 5.75 Å². The molecule has 0 spiro atoms. The lowest BCUT2D eigenvalue weighted by Crippen LogP contribution is -2.13. The molecule has 0 atom stereocenters. The van der Waals surface area contributed by atoms with E-state index in [-0.39, 0.29) is 22.7 Å². The van der Waals surface area contributed by atoms with Gasteiger partial charge in [-0.2, -0.15) is 10.2 Å². The average molecular weight is 398 g/mol. The number of rotatable bonds is 5. The highest BCUT2D eigenvalue weighted by Gasteiger charge is 2.12. The zero-order valence-electron chi connectivity index (χ0n) is 16.1. The molecule has 0 amide bonds. The van der Waals surface area contributed by atoms with Crippen molar-refractivity contribution in [2.45, 2.75) is 6.92 Å². The molecule has 4 aromatic rings. The van der Waals surface area contributed by atoms with Crippen molar-refractivity contribution in [1.29, 1.82) is 0 Å². The number of aromatic nitrogens is 2. The van der Waals surface area contributed by atoms with Crippen molar-refractivity contribution in [1.82, 2.24) is 9.78 Å². The van der Waals surface area contributed by atoms with Crippen LogP contribution in [0.1, 0.15) is 5.69 Å². The molecule has 0 aliphatic carbocycles. The van der Waals surface area contributed by atoms with Gasteiger partial charge in [-0.25, -0.2) is 4.68 Å². The number of H-pyrrole nitrogens is 1. The Balaban J connectivity index is 1.62. The summed E-state index contributed by atoms with van der Waals surface area (Å²) < 4.78 is 1.40. The highest BCUT2D eigenvalue weighted by Crippen LogP contribution is 2.32. The van der Waals surface area contributed by atoms with Crippen LogP contribution in [0, 0.1) is 6.92 Å². The number of para-hydroxylation sites is 1. The molecular formula is C22H18N6O2. The molecule has 148 valence electrons. The van der Waals surface area contributed by atoms with Gasteiger partial charge in [-0.1, -0.05) is 36.4 Å². The van der Waals surface area contributed by atoms with Gasteiger partial charge < -0.3 is 5.11 Å². The Morgan fingerprint density at radius 2 is 1.47 bits per heavy atom. The highest BCUT2D eigenvalue weighted by molar-refractivity contribution is 5.59. The van der Waals surface area contributed by atoms with Crippen LogP contribution in [-0.4, -0.2) is 14.9 Å². The average Bonchev–Trinajstić information content (AvgIpc) is 3.07. The minimum absolute atomic E-state index is 0.0750. The van der Waals surface area contributed by atoms with Gasteiger partial charge in [-0.15, -0.1) is 10.2 Å². The number of aromatic amines is 1. The van der Waals surface area contributed by atoms with E-state index in [1.165, 1.54) is 10.7 Å². The van der Waals surface area contributed by atoms with Crippen molar-refractivity contribution >= 4 is 22.7 Å². The predicted octanol–water partition coefficient (Wildman–Crippen LogP) is 6.01. The van der Waals surface area contributed by atoms with Crippen molar-refractivity contribution in [3.8, 4) is 11.4 Å². The number of benzene rings is 3. The molecule has 1 heterocycles. The van der Waals surface area contributed by atoms with E-state index in [1.807, 2.05) is 60.7 Å². The molecule has 0 unspecified atom stereocenters. The molecule has 0 bridgehead atoms. The monoisotopic (exact) mass is 398 g/mol. The molecule has 3 aromatic carbocycles. The first kappa shape index (κ1) is 19.0. The molecular weight excluding hydrogens is 380 g/mol. The molecule has 30 heavy (non-hydrogen) atoms. The van der Waals surface area contributed by atoms with Crippen molar-refractivity contribution < 1.29 is 5.11 Å². The van der Waals surface area contributed by atoms with Gasteiger partial charge in [-0.3, -0.25) is 9.89 Å². The third-order valence-electron chi connectivity index (χ3n) is 4.31. The van der Waals surface area contributed by atoms with E-state index in [0.717, 1.165) is 0 Å². The number of nitrogens with one attached hydrogen (secondary N) is 1. The minimum Gasteiger partial charge on any atom is -0.506 e. The molecule has 0 fully saturated rings. The number of phenolic OH excluding ortho intramolecular Hbond substituents is 1. The fraction of sp³-hybridized carbons (Fsp3) is 0.0455. The Morgan fingerprint density at radius 1 is 0.800 bits per heavy atom. The second-order valence-corrected chi connectivity index (χ2v) is 6.47. The Morgan fingerprint density at radius 3 is 2.20 bits per heavy atom. The number of azo groups is 2. The fourth-order valence-corrected chi connectivity index (χ4v) is 2.78. The van der Waals surface area contributed by atoms with Gasteiger partial charge in [0, 0.05) is 0 Å². The quantitative estimate of drug-likeness (QED) is 0.402. The van der Waals surface area contributed by atoms with Crippen LogP contribution >= 0.6 is 0 Å². The zero-order valence-corrected chi connectivity index (χ0v) is 16.1. The predicted molar refractivity (Wildman–Crippen MR) is 114 cm³/mol. The standard InChI is InChI=1S/C22H18N6O2/c1-15-21(22(30)28(27-15)18-10-6-3-7-11-18)26-25-19-14-17(12-13-20(19)29)24-23-16-8-4-2-5-9-16/h2-14,27,29H,1H3. The largest absolute Gasteiger partial charge is 0.506 e. The second-order valence-electron chi connectivity index (χ2n) is 6.47. The van der Waals surface area contributed by atoms with E-state index in [4.69, 9.17) is 0 Å². The molecule has 0 saturated carbocycles. The summed E-state index contributed by atoms with van der Waals surface area (Å²) in [6.07, 6.45) is 0. The van der Waals surface area contributed by atoms with E-state index in [2.05, 4.69) is 25.6 Å². The van der Waals surface area contributed by atoms with Gasteiger partial charge in [0.05, 0.1) is 22.8 Å². The van der Waals surface area contributed by atoms with Crippen LogP contribution in [0.4, 0.5) is 22.7 Å². The van der Waals surface area contributed by atoms with E-state index in [9.17, 15) is 9.90 Å². The SMILES string of the molecule is Cc1[nH]n(-c2ccccc2)c(=O)c1N=Nc1cc(N=Nc2ccccc2)ccc1O. The van der Waals surface area contributed by atoms with Crippen molar-refractivity contribution in [2.75, 3.05) is 0 Å². The van der Waals surface area contributed by atoms with Gasteiger partial charge in [0.15, 0.2) is 5.69 Å². The lowest BCUT2D eigenvalue weighted by molar-refractivity contribution is 0.476. The maximum Gasteiger partial charge on any atom is 0.299 e. The van der Waals surface area contributed by atoms with Crippen LogP contribution in [0.15, 0.2) is 104 Å². The first-order valence-corrected chi connectivity index (χ1v) is 9.20. The molecule has 2 N–H and O–H groups in total. The topological polar surface area (TPSA) is 107 Å². The smallest absolute Gasteiger partial charge is 0.299 e. The van der Waals surface area contributed by atoms with Gasteiger partial charge in [0.1, 0.15) is 11.4 Å². The summed E-state index contributed by atoms with van der Waals surface area (Å²) in [6.45, 7) is 1.74. The molecule has 0 radical (unpaired) electrons. The third kappa shape index (κ3) is 4.07. The van der Waals surface area contributed by atoms with Crippen LogP contribution in [-0.2, 0) is 0 Å². The first-order valence-electron chi connectivity index (χ1n) is 9.20. The molecule has 8 nitrogen and oxygen atoms in total. The highest BCUT2D eigenvalue weighted by atomic mass is 16.3. The number of aromatic hydroxyl groups is 1. The summed E-state index contributed by atoms with van der Waals surface area (Å²) in [5, 5.41) is 29.5. The normalized spacial score (nSPS) is 11.5. The number of phenols is 1. The van der Waals surface area contributed by atoms with Crippen LogP contribution < -0.4 is 5.56 Å². The van der Waals surface area contributed by atoms with Crippen molar-refractivity contribution in [3.05, 3.63) is 94.9 Å². The van der Waals surface area contributed by atoms with E-state index < -0.39 is 0 Å². The van der Waals surface area contributed by atoms with E-state index >= 15 is 0 Å². The van der Waals surface area contributed by atoms with E-state index in [0.29, 0.717) is 22.8 Å². The van der Waals surface area contributed by atoms with Gasteiger partial charge >= 0.3 is 0 Å². The molecule has 8 heteroatoms. The number of aryl methyl sites for hydroxylation is 1. The summed E-state index contributed by atoms with van der Waals surface area (Å²) in [5.74, 6) is -0.0750. The number of nitrogens with zero attached hydrogens (tertiary/aromatic N) is 5. The van der Waals surface area contributed by atoms with Crippen molar-refractivity contribution in [3.63, 3.8) is 0 Å². The Kier molecular flexibility index (Phi) is 5.29. The second kappa shape index (κ2) is 8.36. The molecule has 0 aliphatic rings. The Hall–Kier alpha value is -4.33. The fourth-order valence-electron chi connectivity index (χ4n) is 2.78. The Labute approximate surface area is 171 Å². The maximum atomic E-state index is 12.7. The lowest BCUT2D eigenvalue weighted by atomic mass is 10.2. The summed E-state index contributed by atoms with van der Waals surface area (Å²) >= 11 is 0. The summed E-state index contributed by atoms with van der Waals surface area (Å²) in [4.78, 5) is 12.7. The van der Waals surface area contributed by atoms with Crippen molar-refractivity contribution in [2.24, 2.45) is 20.5 Å². The molecule has 4 rings (SSSR count). The summed E-state index contributed by atoms with van der Waals surface area (Å²) in [6, 6.07) is 23.1. The molecule has 1 aromatic heterocycles. The third-order valence-corrected chi connectivity index (χ3v) is 4.31. The lowest BCUT2D eigenvalue weighted by Gasteiger charge is -1.99. The summed E-state index contributed by atoms with van der Waals surface area (Å²) in [5.41, 5.74) is 2.48. The molecule has 0 aliphatic heterocycles. The van der Waals surface area contributed by atoms with Crippen LogP contribution in [0.25, 0.3) is 5.69 Å². The molecule has 0 saturated heterocycles. The van der Waals surface area contributed by atoms with Crippen LogP contribution in [0.3, 0.4) is 0 Å². The number of hydrogen-bond donors (Lipinski definition) is 2. The Bertz CT molecular complexity index is 1270. The summed E-state index contributed by atoms with van der Waals surface area (Å²) in [7, 11) is 0.